The van der Waals surface area contributed by atoms with E-state index in [1.54, 1.807) is 23.9 Å². The van der Waals surface area contributed by atoms with E-state index in [9.17, 15) is 5.11 Å². The van der Waals surface area contributed by atoms with E-state index in [2.05, 4.69) is 0 Å². The van der Waals surface area contributed by atoms with Crippen LogP contribution in [-0.2, 0) is 0 Å². The molecule has 0 fully saturated rings. The molecule has 0 aliphatic heterocycles. The molecular weight excluding hydrogens is 186 g/mol. The third kappa shape index (κ3) is 2.82. The van der Waals surface area contributed by atoms with E-state index in [4.69, 9.17) is 10.5 Å². The van der Waals surface area contributed by atoms with Gasteiger partial charge in [0.1, 0.15) is 0 Å². The lowest BCUT2D eigenvalue weighted by Gasteiger charge is -2.04. The van der Waals surface area contributed by atoms with Crippen LogP contribution in [-0.4, -0.2) is 24.5 Å². The lowest BCUT2D eigenvalue weighted by molar-refractivity contribution is 0.372. The van der Waals surface area contributed by atoms with Crippen molar-refractivity contribution in [2.75, 3.05) is 19.4 Å². The van der Waals surface area contributed by atoms with E-state index in [0.29, 0.717) is 12.3 Å². The number of phenolic OH excluding ortho intramolecular Hbond substituents is 1. The van der Waals surface area contributed by atoms with Gasteiger partial charge in [0.15, 0.2) is 11.5 Å². The van der Waals surface area contributed by atoms with Gasteiger partial charge < -0.3 is 15.6 Å². The van der Waals surface area contributed by atoms with E-state index in [1.807, 2.05) is 6.07 Å². The van der Waals surface area contributed by atoms with Crippen molar-refractivity contribution >= 4 is 11.8 Å². The molecular formula is C9H13NO2S. The highest BCUT2D eigenvalue weighted by Gasteiger charge is 2.01. The molecule has 3 N–H and O–H groups in total. The molecule has 1 aromatic carbocycles. The number of methoxy groups -OCH3 is 1. The Bertz CT molecular complexity index is 278. The number of thioether (sulfide) groups is 1. The van der Waals surface area contributed by atoms with Gasteiger partial charge in [-0.3, -0.25) is 0 Å². The van der Waals surface area contributed by atoms with Gasteiger partial charge >= 0.3 is 0 Å². The Morgan fingerprint density at radius 3 is 2.85 bits per heavy atom. The Kier molecular flexibility index (Phi) is 3.92. The predicted molar refractivity (Wildman–Crippen MR) is 54.4 cm³/mol. The molecule has 1 aromatic rings. The molecule has 0 aliphatic rings. The van der Waals surface area contributed by atoms with Crippen LogP contribution in [0.1, 0.15) is 0 Å². The van der Waals surface area contributed by atoms with Crippen molar-refractivity contribution in [1.29, 1.82) is 0 Å². The van der Waals surface area contributed by atoms with Gasteiger partial charge in [0, 0.05) is 17.2 Å². The van der Waals surface area contributed by atoms with Crippen molar-refractivity contribution in [3.05, 3.63) is 18.2 Å². The summed E-state index contributed by atoms with van der Waals surface area (Å²) in [5.41, 5.74) is 5.36. The molecule has 72 valence electrons. The van der Waals surface area contributed by atoms with Crippen LogP contribution < -0.4 is 10.5 Å². The zero-order valence-electron chi connectivity index (χ0n) is 7.49. The third-order valence-corrected chi connectivity index (χ3v) is 2.56. The molecule has 3 nitrogen and oxygen atoms in total. The van der Waals surface area contributed by atoms with Crippen LogP contribution in [0.5, 0.6) is 11.5 Å². The number of aromatic hydroxyl groups is 1. The van der Waals surface area contributed by atoms with Crippen LogP contribution >= 0.6 is 11.8 Å². The average Bonchev–Trinajstić information content (AvgIpc) is 2.15. The standard InChI is InChI=1S/C9H13NO2S/c1-12-9-3-2-7(6-8(9)11)13-5-4-10/h2-3,6,11H,4-5,10H2,1H3. The molecule has 13 heavy (non-hydrogen) atoms. The summed E-state index contributed by atoms with van der Waals surface area (Å²) in [7, 11) is 1.53. The molecule has 0 aliphatic carbocycles. The minimum Gasteiger partial charge on any atom is -0.504 e. The molecule has 0 atom stereocenters. The fraction of sp³-hybridized carbons (Fsp3) is 0.333. The first-order chi connectivity index (χ1) is 6.27. The number of benzene rings is 1. The van der Waals surface area contributed by atoms with Gasteiger partial charge in [-0.05, 0) is 18.2 Å². The Hall–Kier alpha value is -0.870. The quantitative estimate of drug-likeness (QED) is 0.721. The van der Waals surface area contributed by atoms with Gasteiger partial charge in [-0.25, -0.2) is 0 Å². The Morgan fingerprint density at radius 2 is 2.31 bits per heavy atom. The molecule has 0 aromatic heterocycles. The maximum Gasteiger partial charge on any atom is 0.160 e. The van der Waals surface area contributed by atoms with Crippen molar-refractivity contribution in [3.63, 3.8) is 0 Å². The fourth-order valence-corrected chi connectivity index (χ4v) is 1.65. The van der Waals surface area contributed by atoms with E-state index in [0.717, 1.165) is 10.6 Å². The van der Waals surface area contributed by atoms with Gasteiger partial charge in [-0.2, -0.15) is 0 Å². The van der Waals surface area contributed by atoms with E-state index < -0.39 is 0 Å². The molecule has 0 bridgehead atoms. The van der Waals surface area contributed by atoms with Gasteiger partial charge in [0.25, 0.3) is 0 Å². The van der Waals surface area contributed by atoms with E-state index in [1.165, 1.54) is 7.11 Å². The summed E-state index contributed by atoms with van der Waals surface area (Å²) in [5, 5.41) is 9.42. The maximum absolute atomic E-state index is 9.42. The Morgan fingerprint density at radius 1 is 1.54 bits per heavy atom. The molecule has 0 unspecified atom stereocenters. The Balaban J connectivity index is 2.71. The van der Waals surface area contributed by atoms with E-state index in [-0.39, 0.29) is 5.75 Å². The normalized spacial score (nSPS) is 10.0. The van der Waals surface area contributed by atoms with Crippen molar-refractivity contribution < 1.29 is 9.84 Å². The summed E-state index contributed by atoms with van der Waals surface area (Å²) in [6.45, 7) is 0.636. The fourth-order valence-electron chi connectivity index (χ4n) is 0.936. The first-order valence-electron chi connectivity index (χ1n) is 3.98. The number of hydrogen-bond acceptors (Lipinski definition) is 4. The SMILES string of the molecule is COc1ccc(SCCN)cc1O. The Labute approximate surface area is 81.9 Å². The summed E-state index contributed by atoms with van der Waals surface area (Å²) >= 11 is 1.61. The molecule has 0 radical (unpaired) electrons. The van der Waals surface area contributed by atoms with Crippen molar-refractivity contribution in [2.45, 2.75) is 4.90 Å². The van der Waals surface area contributed by atoms with Gasteiger partial charge in [-0.1, -0.05) is 0 Å². The van der Waals surface area contributed by atoms with Gasteiger partial charge in [-0.15, -0.1) is 11.8 Å². The minimum absolute atomic E-state index is 0.171. The lowest BCUT2D eigenvalue weighted by Crippen LogP contribution is -2.00. The van der Waals surface area contributed by atoms with Crippen molar-refractivity contribution in [3.8, 4) is 11.5 Å². The molecule has 0 heterocycles. The zero-order valence-corrected chi connectivity index (χ0v) is 8.30. The molecule has 4 heteroatoms. The topological polar surface area (TPSA) is 55.5 Å². The summed E-state index contributed by atoms with van der Waals surface area (Å²) in [4.78, 5) is 1.00. The zero-order chi connectivity index (χ0) is 9.68. The van der Waals surface area contributed by atoms with Crippen LogP contribution in [0, 0.1) is 0 Å². The summed E-state index contributed by atoms with van der Waals surface area (Å²) in [5.74, 6) is 1.52. The smallest absolute Gasteiger partial charge is 0.160 e. The molecule has 1 rings (SSSR count). The largest absolute Gasteiger partial charge is 0.504 e. The van der Waals surface area contributed by atoms with Gasteiger partial charge in [0.05, 0.1) is 7.11 Å². The third-order valence-electron chi connectivity index (χ3n) is 1.54. The lowest BCUT2D eigenvalue weighted by atomic mass is 10.3. The second-order valence-corrected chi connectivity index (χ2v) is 3.64. The van der Waals surface area contributed by atoms with Crippen molar-refractivity contribution in [2.24, 2.45) is 5.73 Å². The number of nitrogens with two attached hydrogens (primary N) is 1. The monoisotopic (exact) mass is 199 g/mol. The van der Waals surface area contributed by atoms with E-state index >= 15 is 0 Å². The van der Waals surface area contributed by atoms with Crippen LogP contribution in [0.25, 0.3) is 0 Å². The summed E-state index contributed by atoms with van der Waals surface area (Å²) in [6.07, 6.45) is 0. The highest BCUT2D eigenvalue weighted by molar-refractivity contribution is 7.99. The van der Waals surface area contributed by atoms with Crippen LogP contribution in [0.3, 0.4) is 0 Å². The first kappa shape index (κ1) is 10.2. The second kappa shape index (κ2) is 4.99. The summed E-state index contributed by atoms with van der Waals surface area (Å²) < 4.78 is 4.92. The number of phenols is 1. The van der Waals surface area contributed by atoms with Crippen molar-refractivity contribution in [1.82, 2.24) is 0 Å². The maximum atomic E-state index is 9.42. The first-order valence-corrected chi connectivity index (χ1v) is 4.96. The molecule has 0 saturated carbocycles. The number of hydrogen-bond donors (Lipinski definition) is 2. The minimum atomic E-state index is 0.171. The highest BCUT2D eigenvalue weighted by atomic mass is 32.2. The van der Waals surface area contributed by atoms with Crippen LogP contribution in [0.2, 0.25) is 0 Å². The van der Waals surface area contributed by atoms with Gasteiger partial charge in [0.2, 0.25) is 0 Å². The number of rotatable bonds is 4. The average molecular weight is 199 g/mol. The summed E-state index contributed by atoms with van der Waals surface area (Å²) in [6, 6.07) is 5.33. The highest BCUT2D eigenvalue weighted by Crippen LogP contribution is 2.30. The number of ether oxygens (including phenoxy) is 1. The predicted octanol–water partition coefficient (Wildman–Crippen LogP) is 1.45. The van der Waals surface area contributed by atoms with Crippen LogP contribution in [0.15, 0.2) is 23.1 Å². The molecule has 0 spiro atoms. The molecule has 0 amide bonds. The van der Waals surface area contributed by atoms with Crippen LogP contribution in [0.4, 0.5) is 0 Å². The second-order valence-electron chi connectivity index (χ2n) is 2.47. The molecule has 0 saturated heterocycles.